The monoisotopic (exact) mass is 473 g/mol. The number of nitrogens with zero attached hydrogens (tertiary/aromatic N) is 1. The Balaban J connectivity index is 1.65. The molecule has 180 valence electrons. The van der Waals surface area contributed by atoms with Crippen LogP contribution >= 0.6 is 0 Å². The van der Waals surface area contributed by atoms with Crippen LogP contribution in [0, 0.1) is 32.1 Å². The van der Waals surface area contributed by atoms with Gasteiger partial charge in [0.2, 0.25) is 0 Å². The summed E-state index contributed by atoms with van der Waals surface area (Å²) in [6, 6.07) is 14.3. The first kappa shape index (κ1) is 25.1. The van der Waals surface area contributed by atoms with Crippen molar-refractivity contribution in [1.82, 2.24) is 5.32 Å². The molecule has 2 amide bonds. The summed E-state index contributed by atoms with van der Waals surface area (Å²) in [4.78, 5) is 24.8. The normalized spacial score (nSPS) is 10.9. The Morgan fingerprint density at radius 3 is 2.46 bits per heavy atom. The van der Waals surface area contributed by atoms with Crippen molar-refractivity contribution in [2.75, 3.05) is 19.0 Å². The number of amides is 2. The van der Waals surface area contributed by atoms with Gasteiger partial charge < -0.3 is 24.5 Å². The maximum atomic E-state index is 12.5. The van der Waals surface area contributed by atoms with Crippen molar-refractivity contribution in [3.63, 3.8) is 0 Å². The summed E-state index contributed by atoms with van der Waals surface area (Å²) in [5.74, 6) is 0.476. The van der Waals surface area contributed by atoms with Crippen LogP contribution in [0.15, 0.2) is 58.7 Å². The van der Waals surface area contributed by atoms with E-state index < -0.39 is 5.91 Å². The number of hydrogen-bond acceptors (Lipinski definition) is 6. The van der Waals surface area contributed by atoms with Gasteiger partial charge in [0.25, 0.3) is 11.8 Å². The molecule has 0 aliphatic rings. The minimum Gasteiger partial charge on any atom is -0.493 e. The standard InChI is InChI=1S/C27H27N3O5/c1-17-10-18(2)26(19(3)11-17)30-25(31)16-35-23-8-7-20(13-24(23)33-4)12-21(14-28)27(32)29-15-22-6-5-9-34-22/h5-13H,15-16H2,1-4H3,(H,29,32)(H,30,31)/b21-12+. The lowest BCUT2D eigenvalue weighted by Crippen LogP contribution is -2.23. The third kappa shape index (κ3) is 6.74. The predicted octanol–water partition coefficient (Wildman–Crippen LogP) is 4.45. The average Bonchev–Trinajstić information content (AvgIpc) is 3.36. The van der Waals surface area contributed by atoms with Crippen LogP contribution in [0.1, 0.15) is 28.0 Å². The molecule has 8 nitrogen and oxygen atoms in total. The number of nitrogens with one attached hydrogen (secondary N) is 2. The van der Waals surface area contributed by atoms with Gasteiger partial charge >= 0.3 is 0 Å². The maximum absolute atomic E-state index is 12.5. The van der Waals surface area contributed by atoms with Crippen molar-refractivity contribution >= 4 is 23.6 Å². The highest BCUT2D eigenvalue weighted by Gasteiger charge is 2.13. The van der Waals surface area contributed by atoms with Crippen molar-refractivity contribution in [3.05, 3.63) is 82.3 Å². The zero-order valence-electron chi connectivity index (χ0n) is 20.1. The molecule has 3 aromatic rings. The number of furan rings is 1. The topological polar surface area (TPSA) is 114 Å². The molecule has 0 saturated heterocycles. The molecule has 0 aliphatic heterocycles. The van der Waals surface area contributed by atoms with Crippen LogP contribution in [0.4, 0.5) is 5.69 Å². The fraction of sp³-hybridized carbons (Fsp3) is 0.222. The van der Waals surface area contributed by atoms with Gasteiger partial charge in [-0.3, -0.25) is 9.59 Å². The number of nitriles is 1. The smallest absolute Gasteiger partial charge is 0.262 e. The lowest BCUT2D eigenvalue weighted by Gasteiger charge is -2.14. The largest absolute Gasteiger partial charge is 0.493 e. The lowest BCUT2D eigenvalue weighted by molar-refractivity contribution is -0.118. The van der Waals surface area contributed by atoms with Gasteiger partial charge in [0.15, 0.2) is 18.1 Å². The van der Waals surface area contributed by atoms with Gasteiger partial charge in [0.05, 0.1) is 19.9 Å². The lowest BCUT2D eigenvalue weighted by atomic mass is 10.1. The second-order valence-electron chi connectivity index (χ2n) is 7.95. The molecular formula is C27H27N3O5. The molecular weight excluding hydrogens is 446 g/mol. The molecule has 3 rings (SSSR count). The second-order valence-corrected chi connectivity index (χ2v) is 7.95. The highest BCUT2D eigenvalue weighted by atomic mass is 16.5. The molecule has 0 bridgehead atoms. The van der Waals surface area contributed by atoms with E-state index in [-0.39, 0.29) is 24.6 Å². The van der Waals surface area contributed by atoms with E-state index in [1.165, 1.54) is 19.4 Å². The first-order chi connectivity index (χ1) is 16.8. The van der Waals surface area contributed by atoms with Crippen molar-refractivity contribution in [2.45, 2.75) is 27.3 Å². The van der Waals surface area contributed by atoms with Gasteiger partial charge in [-0.2, -0.15) is 5.26 Å². The van der Waals surface area contributed by atoms with E-state index in [1.54, 1.807) is 30.3 Å². The Kier molecular flexibility index (Phi) is 8.30. The molecule has 1 heterocycles. The highest BCUT2D eigenvalue weighted by molar-refractivity contribution is 6.01. The summed E-state index contributed by atoms with van der Waals surface area (Å²) in [5, 5.41) is 14.9. The third-order valence-electron chi connectivity index (χ3n) is 5.17. The molecule has 0 radical (unpaired) electrons. The molecule has 0 fully saturated rings. The van der Waals surface area contributed by atoms with Crippen molar-refractivity contribution in [2.24, 2.45) is 0 Å². The molecule has 0 atom stereocenters. The number of hydrogen-bond donors (Lipinski definition) is 2. The van der Waals surface area contributed by atoms with Gasteiger partial charge in [-0.05, 0) is 67.8 Å². The molecule has 2 N–H and O–H groups in total. The summed E-state index contributed by atoms with van der Waals surface area (Å²) in [6.07, 6.45) is 2.95. The summed E-state index contributed by atoms with van der Waals surface area (Å²) < 4.78 is 16.2. The van der Waals surface area contributed by atoms with Gasteiger partial charge in [-0.1, -0.05) is 23.8 Å². The van der Waals surface area contributed by atoms with E-state index in [4.69, 9.17) is 13.9 Å². The van der Waals surface area contributed by atoms with E-state index >= 15 is 0 Å². The minimum absolute atomic E-state index is 0.0736. The molecule has 35 heavy (non-hydrogen) atoms. The Hall–Kier alpha value is -4.51. The van der Waals surface area contributed by atoms with Crippen LogP contribution in [0.2, 0.25) is 0 Å². The fourth-order valence-electron chi connectivity index (χ4n) is 3.58. The van der Waals surface area contributed by atoms with Crippen molar-refractivity contribution in [3.8, 4) is 17.6 Å². The molecule has 1 aromatic heterocycles. The average molecular weight is 474 g/mol. The zero-order valence-corrected chi connectivity index (χ0v) is 20.1. The summed E-state index contributed by atoms with van der Waals surface area (Å²) in [6.45, 7) is 5.85. The molecule has 0 unspecified atom stereocenters. The van der Waals surface area contributed by atoms with Crippen LogP contribution in [0.5, 0.6) is 11.5 Å². The molecule has 0 saturated carbocycles. The number of aryl methyl sites for hydroxylation is 3. The van der Waals surface area contributed by atoms with E-state index in [9.17, 15) is 14.9 Å². The number of carbonyl (C=O) groups excluding carboxylic acids is 2. The summed E-state index contributed by atoms with van der Waals surface area (Å²) >= 11 is 0. The maximum Gasteiger partial charge on any atom is 0.262 e. The van der Waals surface area contributed by atoms with Gasteiger partial charge in [-0.25, -0.2) is 0 Å². The number of ether oxygens (including phenoxy) is 2. The number of benzene rings is 2. The molecule has 2 aromatic carbocycles. The Morgan fingerprint density at radius 1 is 1.09 bits per heavy atom. The summed E-state index contributed by atoms with van der Waals surface area (Å²) in [7, 11) is 1.47. The van der Waals surface area contributed by atoms with Gasteiger partial charge in [0, 0.05) is 5.69 Å². The molecule has 8 heteroatoms. The van der Waals surface area contributed by atoms with E-state index in [0.29, 0.717) is 22.8 Å². The number of anilines is 1. The number of carbonyl (C=O) groups is 2. The zero-order chi connectivity index (χ0) is 25.4. The van der Waals surface area contributed by atoms with E-state index in [0.717, 1.165) is 22.4 Å². The fourth-order valence-corrected chi connectivity index (χ4v) is 3.58. The van der Waals surface area contributed by atoms with Gasteiger partial charge in [0.1, 0.15) is 17.4 Å². The summed E-state index contributed by atoms with van der Waals surface area (Å²) in [5.41, 5.74) is 4.34. The SMILES string of the molecule is COc1cc(/C=C(\C#N)C(=O)NCc2ccco2)ccc1OCC(=O)Nc1c(C)cc(C)cc1C. The third-order valence-corrected chi connectivity index (χ3v) is 5.17. The van der Waals surface area contributed by atoms with Crippen LogP contribution < -0.4 is 20.1 Å². The highest BCUT2D eigenvalue weighted by Crippen LogP contribution is 2.29. The Bertz CT molecular complexity index is 1260. The quantitative estimate of drug-likeness (QED) is 0.351. The second kappa shape index (κ2) is 11.6. The van der Waals surface area contributed by atoms with E-state index in [2.05, 4.69) is 10.6 Å². The van der Waals surface area contributed by atoms with Crippen molar-refractivity contribution < 1.29 is 23.5 Å². The number of rotatable bonds is 9. The van der Waals surface area contributed by atoms with Crippen LogP contribution in [0.25, 0.3) is 6.08 Å². The van der Waals surface area contributed by atoms with Crippen LogP contribution in [-0.4, -0.2) is 25.5 Å². The Labute approximate surface area is 204 Å². The molecule has 0 aliphatic carbocycles. The van der Waals surface area contributed by atoms with Crippen LogP contribution in [-0.2, 0) is 16.1 Å². The van der Waals surface area contributed by atoms with Crippen LogP contribution in [0.3, 0.4) is 0 Å². The first-order valence-electron chi connectivity index (χ1n) is 10.9. The minimum atomic E-state index is -0.526. The molecule has 0 spiro atoms. The predicted molar refractivity (Wildman–Crippen MR) is 132 cm³/mol. The van der Waals surface area contributed by atoms with E-state index in [1.807, 2.05) is 39.0 Å². The van der Waals surface area contributed by atoms with Crippen molar-refractivity contribution in [1.29, 1.82) is 5.26 Å². The first-order valence-corrected chi connectivity index (χ1v) is 10.9. The van der Waals surface area contributed by atoms with Gasteiger partial charge in [-0.15, -0.1) is 0 Å². The Morgan fingerprint density at radius 2 is 1.83 bits per heavy atom. The number of methoxy groups -OCH3 is 1.